The van der Waals surface area contributed by atoms with Crippen LogP contribution in [0.5, 0.6) is 0 Å². The lowest BCUT2D eigenvalue weighted by molar-refractivity contribution is -0.153. The van der Waals surface area contributed by atoms with Crippen LogP contribution in [-0.4, -0.2) is 47.9 Å². The lowest BCUT2D eigenvalue weighted by atomic mass is 9.87. The molecule has 2 amide bonds. The molecule has 2 aliphatic rings. The molecule has 0 aliphatic carbocycles. The van der Waals surface area contributed by atoms with Gasteiger partial charge in [0.25, 0.3) is 5.91 Å². The normalized spacial score (nSPS) is 20.9. The Bertz CT molecular complexity index is 1030. The van der Waals surface area contributed by atoms with Crippen LogP contribution in [-0.2, 0) is 27.2 Å². The van der Waals surface area contributed by atoms with E-state index in [4.69, 9.17) is 4.74 Å². The van der Waals surface area contributed by atoms with Gasteiger partial charge in [-0.2, -0.15) is 0 Å². The molecule has 0 bridgehead atoms. The number of fused-ring (bicyclic) bond motifs is 1. The van der Waals surface area contributed by atoms with Gasteiger partial charge >= 0.3 is 5.97 Å². The fourth-order valence-corrected chi connectivity index (χ4v) is 4.50. The van der Waals surface area contributed by atoms with Gasteiger partial charge in [-0.1, -0.05) is 36.4 Å². The molecule has 0 spiro atoms. The lowest BCUT2D eigenvalue weighted by Gasteiger charge is -2.39. The number of esters is 1. The second-order valence-corrected chi connectivity index (χ2v) is 8.65. The summed E-state index contributed by atoms with van der Waals surface area (Å²) in [5.41, 5.74) is 0.651. The zero-order valence-corrected chi connectivity index (χ0v) is 18.1. The van der Waals surface area contributed by atoms with Crippen LogP contribution in [0, 0.1) is 11.7 Å². The van der Waals surface area contributed by atoms with Crippen molar-refractivity contribution in [1.29, 1.82) is 0 Å². The molecule has 32 heavy (non-hydrogen) atoms. The molecule has 2 heterocycles. The Hall–Kier alpha value is -3.22. The molecule has 6 nitrogen and oxygen atoms in total. The summed E-state index contributed by atoms with van der Waals surface area (Å²) >= 11 is 0. The fourth-order valence-electron chi connectivity index (χ4n) is 4.50. The minimum Gasteiger partial charge on any atom is -0.445 e. The van der Waals surface area contributed by atoms with Crippen LogP contribution in [0.15, 0.2) is 48.5 Å². The Morgan fingerprint density at radius 2 is 1.81 bits per heavy atom. The van der Waals surface area contributed by atoms with E-state index in [-0.39, 0.29) is 23.5 Å². The van der Waals surface area contributed by atoms with Crippen LogP contribution in [0.3, 0.4) is 0 Å². The van der Waals surface area contributed by atoms with Gasteiger partial charge in [0.15, 0.2) is 5.60 Å². The molecule has 0 radical (unpaired) electrons. The Labute approximate surface area is 186 Å². The maximum atomic E-state index is 13.7. The predicted molar refractivity (Wildman–Crippen MR) is 116 cm³/mol. The highest BCUT2D eigenvalue weighted by molar-refractivity contribution is 5.97. The van der Waals surface area contributed by atoms with E-state index in [0.717, 1.165) is 5.56 Å². The number of halogens is 1. The first-order chi connectivity index (χ1) is 15.4. The van der Waals surface area contributed by atoms with Crippen molar-refractivity contribution in [2.45, 2.75) is 38.2 Å². The molecule has 2 aromatic rings. The average Bonchev–Trinajstić information content (AvgIpc) is 2.80. The number of carbonyl (C=O) groups excluding carboxylic acids is 3. The number of hydrogen-bond acceptors (Lipinski definition) is 4. The van der Waals surface area contributed by atoms with Crippen LogP contribution < -0.4 is 5.32 Å². The molecule has 7 heteroatoms. The number of rotatable bonds is 5. The third kappa shape index (κ3) is 4.52. The first-order valence-electron chi connectivity index (χ1n) is 11.0. The summed E-state index contributed by atoms with van der Waals surface area (Å²) in [6, 6.07) is 13.7. The number of hydrogen-bond donors (Lipinski definition) is 1. The molecule has 0 saturated carbocycles. The zero-order chi connectivity index (χ0) is 22.7. The Kier molecular flexibility index (Phi) is 6.26. The van der Waals surface area contributed by atoms with E-state index in [0.29, 0.717) is 56.4 Å². The molecule has 4 rings (SSSR count). The largest absolute Gasteiger partial charge is 0.445 e. The molecule has 1 saturated heterocycles. The van der Waals surface area contributed by atoms with Gasteiger partial charge in [0.05, 0.1) is 5.56 Å². The Balaban J connectivity index is 1.29. The number of amides is 2. The van der Waals surface area contributed by atoms with Gasteiger partial charge in [-0.05, 0) is 49.4 Å². The number of benzene rings is 2. The van der Waals surface area contributed by atoms with Gasteiger partial charge in [-0.15, -0.1) is 0 Å². The van der Waals surface area contributed by atoms with E-state index in [1.165, 1.54) is 6.07 Å². The standard InChI is InChI=1S/C25H27FN2O4/c1-25(16-19-7-2-4-8-20(19)23(30)32-25)24(31)28-14-11-18(12-15-28)22(29)27-13-10-17-6-3-5-9-21(17)26/h2-9,18H,10-16H2,1H3,(H,27,29). The molecule has 0 aromatic heterocycles. The number of nitrogens with zero attached hydrogens (tertiary/aromatic N) is 1. The van der Waals surface area contributed by atoms with Gasteiger partial charge in [-0.3, -0.25) is 9.59 Å². The topological polar surface area (TPSA) is 75.7 Å². The molecule has 1 atom stereocenters. The first kappa shape index (κ1) is 22.0. The van der Waals surface area contributed by atoms with Crippen molar-refractivity contribution in [3.63, 3.8) is 0 Å². The smallest absolute Gasteiger partial charge is 0.339 e. The highest BCUT2D eigenvalue weighted by atomic mass is 19.1. The number of piperidine rings is 1. The highest BCUT2D eigenvalue weighted by Crippen LogP contribution is 2.31. The van der Waals surface area contributed by atoms with E-state index in [9.17, 15) is 18.8 Å². The quantitative estimate of drug-likeness (QED) is 0.729. The molecule has 168 valence electrons. The van der Waals surface area contributed by atoms with Crippen molar-refractivity contribution < 1.29 is 23.5 Å². The summed E-state index contributed by atoms with van der Waals surface area (Å²) in [5.74, 6) is -1.24. The van der Waals surface area contributed by atoms with Crippen LogP contribution in [0.1, 0.15) is 41.3 Å². The highest BCUT2D eigenvalue weighted by Gasteiger charge is 2.45. The van der Waals surface area contributed by atoms with Gasteiger partial charge in [0.2, 0.25) is 5.91 Å². The van der Waals surface area contributed by atoms with Crippen LogP contribution in [0.2, 0.25) is 0 Å². The van der Waals surface area contributed by atoms with E-state index in [2.05, 4.69) is 5.32 Å². The second-order valence-electron chi connectivity index (χ2n) is 8.65. The first-order valence-corrected chi connectivity index (χ1v) is 11.0. The summed E-state index contributed by atoms with van der Waals surface area (Å²) in [6.45, 7) is 2.88. The van der Waals surface area contributed by atoms with E-state index in [1.54, 1.807) is 42.2 Å². The minimum absolute atomic E-state index is 0.0716. The van der Waals surface area contributed by atoms with E-state index >= 15 is 0 Å². The summed E-state index contributed by atoms with van der Waals surface area (Å²) in [7, 11) is 0. The molecule has 2 aromatic carbocycles. The number of carbonyl (C=O) groups is 3. The Morgan fingerprint density at radius 1 is 1.12 bits per heavy atom. The van der Waals surface area contributed by atoms with Crippen LogP contribution in [0.4, 0.5) is 4.39 Å². The van der Waals surface area contributed by atoms with Crippen molar-refractivity contribution >= 4 is 17.8 Å². The SMILES string of the molecule is CC1(C(=O)N2CCC(C(=O)NCCc3ccccc3F)CC2)Cc2ccccc2C(=O)O1. The molecular weight excluding hydrogens is 411 g/mol. The summed E-state index contributed by atoms with van der Waals surface area (Å²) in [4.78, 5) is 39.8. The van der Waals surface area contributed by atoms with Gasteiger partial charge < -0.3 is 15.0 Å². The molecular formula is C25H27FN2O4. The summed E-state index contributed by atoms with van der Waals surface area (Å²) in [6.07, 6.45) is 1.85. The van der Waals surface area contributed by atoms with Crippen molar-refractivity contribution in [2.75, 3.05) is 19.6 Å². The molecule has 1 fully saturated rings. The van der Waals surface area contributed by atoms with Crippen molar-refractivity contribution in [2.24, 2.45) is 5.92 Å². The number of nitrogens with one attached hydrogen (secondary N) is 1. The van der Waals surface area contributed by atoms with Gasteiger partial charge in [-0.25, -0.2) is 9.18 Å². The average molecular weight is 438 g/mol. The third-order valence-corrected chi connectivity index (χ3v) is 6.34. The molecule has 1 N–H and O–H groups in total. The molecule has 2 aliphatic heterocycles. The van der Waals surface area contributed by atoms with Crippen LogP contribution >= 0.6 is 0 Å². The third-order valence-electron chi connectivity index (χ3n) is 6.34. The van der Waals surface area contributed by atoms with E-state index in [1.807, 2.05) is 12.1 Å². The lowest BCUT2D eigenvalue weighted by Crippen LogP contribution is -2.55. The monoisotopic (exact) mass is 438 g/mol. The van der Waals surface area contributed by atoms with Gasteiger partial charge in [0, 0.05) is 32.0 Å². The second kappa shape index (κ2) is 9.10. The maximum absolute atomic E-state index is 13.7. The van der Waals surface area contributed by atoms with Gasteiger partial charge in [0.1, 0.15) is 5.82 Å². The molecule has 1 unspecified atom stereocenters. The summed E-state index contributed by atoms with van der Waals surface area (Å²) < 4.78 is 19.3. The zero-order valence-electron chi connectivity index (χ0n) is 18.1. The van der Waals surface area contributed by atoms with E-state index < -0.39 is 11.6 Å². The fraction of sp³-hybridized carbons (Fsp3) is 0.400. The minimum atomic E-state index is -1.24. The van der Waals surface area contributed by atoms with Crippen molar-refractivity contribution in [3.8, 4) is 0 Å². The number of ether oxygens (including phenoxy) is 1. The van der Waals surface area contributed by atoms with Crippen molar-refractivity contribution in [1.82, 2.24) is 10.2 Å². The predicted octanol–water partition coefficient (Wildman–Crippen LogP) is 2.89. The maximum Gasteiger partial charge on any atom is 0.339 e. The van der Waals surface area contributed by atoms with Crippen molar-refractivity contribution in [3.05, 3.63) is 71.0 Å². The number of cyclic esters (lactones) is 1. The number of likely N-dealkylation sites (tertiary alicyclic amines) is 1. The summed E-state index contributed by atoms with van der Waals surface area (Å²) in [5, 5.41) is 2.88. The Morgan fingerprint density at radius 3 is 2.56 bits per heavy atom. The van der Waals surface area contributed by atoms with Crippen LogP contribution in [0.25, 0.3) is 0 Å².